The Hall–Kier alpha value is -1.72. The monoisotopic (exact) mass is 1010 g/mol. The van der Waals surface area contributed by atoms with Crippen molar-refractivity contribution in [3.8, 4) is 0 Å². The third-order valence-electron chi connectivity index (χ3n) is 1.90. The van der Waals surface area contributed by atoms with Crippen molar-refractivity contribution in [1.82, 2.24) is 21.7 Å². The maximum absolute atomic E-state index is 10.6. The topological polar surface area (TPSA) is 515 Å². The fourth-order valence-corrected chi connectivity index (χ4v) is 1.38. The van der Waals surface area contributed by atoms with E-state index in [2.05, 4.69) is 81.5 Å². The van der Waals surface area contributed by atoms with Crippen molar-refractivity contribution in [3.63, 3.8) is 0 Å². The Bertz CT molecular complexity index is 688. The van der Waals surface area contributed by atoms with Crippen LogP contribution in [0, 0.1) is 6.65 Å². The number of hydrogen-bond acceptors (Lipinski definition) is 10. The van der Waals surface area contributed by atoms with Crippen LogP contribution in [0.3, 0.4) is 0 Å². The molecular formula is C18H51I2N5O19P2V. The van der Waals surface area contributed by atoms with Crippen LogP contribution in [0.25, 0.3) is 0 Å². The molecule has 0 aliphatic rings. The second kappa shape index (κ2) is 90.5. The second-order valence-corrected chi connectivity index (χ2v) is 17.9. The van der Waals surface area contributed by atoms with Gasteiger partial charge in [-0.2, -0.15) is 0 Å². The molecule has 0 spiro atoms. The molecule has 3 amide bonds. The SMILES string of the molecule is C=O.CC(=O)N(CP)CC(=O)O.CC(=O)NCC(=O)O.CC(=O)O.CC(N)=O.N.O.O.O.O.O.O.O=C(O)CNCP.[C-]#[O+].[I][V][I]. The quantitative estimate of drug-likeness (QED) is 0.0488. The Balaban J connectivity index is -0.0000000197. The molecule has 0 aromatic carbocycles. The number of nitrogens with zero attached hydrogens (tertiary/aromatic N) is 1. The standard InChI is InChI=1S/C5H10NO3P.C4H7NO3.C3H8NO2P.C2H5NO.C2H4O2.CH2O.CO.2HI.H3N.6H2O.V/c1-4(7)6(3-10)2-5(8)9;1-3(6)5-2-4(7)8;5-3(6)1-4-2-7;2*1-2(3)4;2*1-2;;;;;;;;;;/h2-3,10H2,1H3,(H,8,9);2H2,1H3,(H,5,6)(H,7,8);4H,1-2,7H2,(H,5,6);1H3,(H2,3,4);1H3,(H,3,4);1H2;;2*1H;1H3;6*1H2;/q;;;;;;;;;;;;;;;;+2/p-2. The van der Waals surface area contributed by atoms with Crippen LogP contribution >= 0.6 is 58.4 Å². The van der Waals surface area contributed by atoms with Crippen LogP contribution in [-0.4, -0.2) is 139 Å². The Morgan fingerprint density at radius 2 is 1.04 bits per heavy atom. The number of carbonyl (C=O) groups is 8. The van der Waals surface area contributed by atoms with Crippen molar-refractivity contribution in [2.24, 2.45) is 5.73 Å². The van der Waals surface area contributed by atoms with Crippen LogP contribution in [0.4, 0.5) is 0 Å². The molecule has 29 heteroatoms. The Kier molecular flexibility index (Phi) is 186. The fourth-order valence-electron chi connectivity index (χ4n) is 0.847. The van der Waals surface area contributed by atoms with Gasteiger partial charge in [-0.3, -0.25) is 33.6 Å². The average molecular weight is 1010 g/mol. The van der Waals surface area contributed by atoms with Gasteiger partial charge in [-0.1, -0.05) is 0 Å². The number of carbonyl (C=O) groups excluding carboxylic acids is 4. The van der Waals surface area contributed by atoms with Crippen LogP contribution in [0.1, 0.15) is 27.7 Å². The van der Waals surface area contributed by atoms with E-state index < -0.39 is 23.9 Å². The molecule has 0 aromatic rings. The Morgan fingerprint density at radius 3 is 1.11 bits per heavy atom. The van der Waals surface area contributed by atoms with Gasteiger partial charge in [0.25, 0.3) is 5.97 Å². The number of nitrogens with two attached hydrogens (primary N) is 1. The summed E-state index contributed by atoms with van der Waals surface area (Å²) in [5.74, 6) is -4.55. The number of carboxylic acid groups (broad SMARTS) is 4. The van der Waals surface area contributed by atoms with Gasteiger partial charge in [0, 0.05) is 40.3 Å². The van der Waals surface area contributed by atoms with Crippen molar-refractivity contribution in [2.45, 2.75) is 27.7 Å². The minimum atomic E-state index is -1.03. The van der Waals surface area contributed by atoms with Crippen molar-refractivity contribution < 1.29 is 106 Å². The summed E-state index contributed by atoms with van der Waals surface area (Å²) in [7, 11) is 5.29. The summed E-state index contributed by atoms with van der Waals surface area (Å²) in [5, 5.41) is 36.3. The van der Waals surface area contributed by atoms with Gasteiger partial charge in [0.1, 0.15) is 19.9 Å². The van der Waals surface area contributed by atoms with E-state index in [1.54, 1.807) is 0 Å². The first-order valence-corrected chi connectivity index (χ1v) is 20.1. The van der Waals surface area contributed by atoms with E-state index in [1.165, 1.54) is 25.7 Å². The third kappa shape index (κ3) is 265. The predicted octanol–water partition coefficient (Wildman–Crippen LogP) is -5.20. The van der Waals surface area contributed by atoms with Crippen molar-refractivity contribution in [3.05, 3.63) is 6.65 Å². The second-order valence-electron chi connectivity index (χ2n) is 5.31. The molecule has 47 heavy (non-hydrogen) atoms. The first kappa shape index (κ1) is 96.8. The molecular weight excluding hydrogens is 957 g/mol. The van der Waals surface area contributed by atoms with E-state index in [0.29, 0.717) is 22.0 Å². The van der Waals surface area contributed by atoms with E-state index in [4.69, 9.17) is 34.7 Å². The molecule has 2 atom stereocenters. The molecule has 23 N–H and O–H groups in total. The number of aliphatic carboxylic acids is 4. The molecule has 0 aliphatic carbocycles. The van der Waals surface area contributed by atoms with Gasteiger partial charge >= 0.3 is 78.6 Å². The van der Waals surface area contributed by atoms with Gasteiger partial charge in [-0.25, -0.2) is 0 Å². The van der Waals surface area contributed by atoms with Crippen LogP contribution in [0.5, 0.6) is 0 Å². The number of amides is 3. The van der Waals surface area contributed by atoms with Gasteiger partial charge < -0.3 is 85.5 Å². The van der Waals surface area contributed by atoms with Gasteiger partial charge in [-0.15, -0.1) is 18.5 Å². The molecule has 24 nitrogen and oxygen atoms in total. The van der Waals surface area contributed by atoms with Gasteiger partial charge in [0.2, 0.25) is 17.7 Å². The summed E-state index contributed by atoms with van der Waals surface area (Å²) in [5.41, 5.74) is 4.47. The summed E-state index contributed by atoms with van der Waals surface area (Å²) in [6.45, 7) is 11.0. The van der Waals surface area contributed by atoms with Gasteiger partial charge in [-0.05, 0) is 0 Å². The number of nitrogens with one attached hydrogen (secondary N) is 2. The first-order chi connectivity index (χ1) is 18.3. The van der Waals surface area contributed by atoms with Gasteiger partial charge in [0.05, 0.1) is 6.54 Å². The molecule has 291 valence electrons. The van der Waals surface area contributed by atoms with Gasteiger partial charge in [0.15, 0.2) is 0 Å². The average Bonchev–Trinajstić information content (AvgIpc) is 2.82. The van der Waals surface area contributed by atoms with Crippen LogP contribution < -0.4 is 22.5 Å². The molecule has 0 aliphatic heterocycles. The minimum absolute atomic E-state index is 0. The molecule has 0 bridgehead atoms. The number of carboxylic acids is 4. The summed E-state index contributed by atoms with van der Waals surface area (Å²) >= 11 is 4.74. The van der Waals surface area contributed by atoms with Crippen LogP contribution in [0.15, 0.2) is 0 Å². The molecule has 0 rings (SSSR count). The first-order valence-electron chi connectivity index (χ1n) is 9.49. The molecule has 0 aromatic heterocycles. The number of rotatable bonds is 8. The predicted molar refractivity (Wildman–Crippen MR) is 190 cm³/mol. The third-order valence-corrected chi connectivity index (χ3v) is 2.63. The van der Waals surface area contributed by atoms with Crippen molar-refractivity contribution in [1.29, 1.82) is 0 Å². The zero-order chi connectivity index (χ0) is 34.3. The fraction of sp³-hybridized carbons (Fsp3) is 0.500. The molecule has 0 saturated heterocycles. The summed E-state index contributed by atoms with van der Waals surface area (Å²) < 4.78 is 7.50. The summed E-state index contributed by atoms with van der Waals surface area (Å²) in [4.78, 5) is 77.4. The van der Waals surface area contributed by atoms with E-state index >= 15 is 0 Å². The van der Waals surface area contributed by atoms with Crippen LogP contribution in [0.2, 0.25) is 0 Å². The van der Waals surface area contributed by atoms with E-state index in [-0.39, 0.29) is 76.4 Å². The van der Waals surface area contributed by atoms with E-state index in [1.807, 2.05) is 6.79 Å². The Labute approximate surface area is 304 Å². The Morgan fingerprint density at radius 1 is 0.787 bits per heavy atom. The zero-order valence-corrected chi connectivity index (χ0v) is 33.8. The van der Waals surface area contributed by atoms with Crippen LogP contribution in [-0.2, 0) is 52.5 Å². The van der Waals surface area contributed by atoms with E-state index in [0.717, 1.165) is 6.92 Å². The molecule has 2 unspecified atom stereocenters. The number of hydrogen-bond donors (Lipinski definition) is 8. The van der Waals surface area contributed by atoms with Crippen molar-refractivity contribution >= 4 is 107 Å². The number of primary amides is 1. The maximum atomic E-state index is 10.6. The molecule has 0 radical (unpaired) electrons. The van der Waals surface area contributed by atoms with Crippen molar-refractivity contribution in [2.75, 3.05) is 32.2 Å². The summed E-state index contributed by atoms with van der Waals surface area (Å²) in [6, 6.07) is 0. The molecule has 0 saturated carbocycles. The normalized spacial score (nSPS) is 6.09. The number of halogens is 2. The summed E-state index contributed by atoms with van der Waals surface area (Å²) in [6.07, 6.45) is 0.994. The van der Waals surface area contributed by atoms with E-state index in [9.17, 15) is 28.8 Å². The molecule has 0 heterocycles. The zero-order valence-electron chi connectivity index (χ0n) is 25.8. The molecule has 0 fully saturated rings.